The van der Waals surface area contributed by atoms with Crippen LogP contribution in [0.25, 0.3) is 5.69 Å². The van der Waals surface area contributed by atoms with Crippen LogP contribution in [-0.4, -0.2) is 26.4 Å². The second kappa shape index (κ2) is 10.5. The number of aromatic nitrogens is 3. The van der Waals surface area contributed by atoms with Crippen LogP contribution in [0.5, 0.6) is 0 Å². The maximum Gasteiger partial charge on any atom is 0.234 e. The zero-order valence-corrected chi connectivity index (χ0v) is 20.1. The summed E-state index contributed by atoms with van der Waals surface area (Å²) in [5, 5.41) is 15.6. The lowest BCUT2D eigenvalue weighted by Crippen LogP contribution is -2.16. The minimum absolute atomic E-state index is 0.105. The Balaban J connectivity index is 1.52. The first-order valence-corrected chi connectivity index (χ1v) is 11.9. The number of benzene rings is 3. The van der Waals surface area contributed by atoms with E-state index >= 15 is 0 Å². The molecule has 8 heteroatoms. The zero-order valence-electron chi connectivity index (χ0n) is 19.3. The predicted octanol–water partition coefficient (Wildman–Crippen LogP) is 5.67. The van der Waals surface area contributed by atoms with Gasteiger partial charge in [0.2, 0.25) is 5.91 Å². The minimum Gasteiger partial charge on any atom is -0.378 e. The van der Waals surface area contributed by atoms with Gasteiger partial charge in [0, 0.05) is 17.1 Å². The Labute approximate surface area is 202 Å². The quantitative estimate of drug-likeness (QED) is 0.321. The first kappa shape index (κ1) is 23.5. The second-order valence-corrected chi connectivity index (χ2v) is 8.98. The smallest absolute Gasteiger partial charge is 0.234 e. The lowest BCUT2D eigenvalue weighted by molar-refractivity contribution is -0.113. The average molecular weight is 476 g/mol. The predicted molar refractivity (Wildman–Crippen MR) is 135 cm³/mol. The monoisotopic (exact) mass is 475 g/mol. The molecule has 1 aromatic heterocycles. The fourth-order valence-electron chi connectivity index (χ4n) is 3.53. The van der Waals surface area contributed by atoms with E-state index in [4.69, 9.17) is 0 Å². The molecule has 0 radical (unpaired) electrons. The van der Waals surface area contributed by atoms with Crippen molar-refractivity contribution in [1.29, 1.82) is 0 Å². The van der Waals surface area contributed by atoms with Crippen molar-refractivity contribution in [3.63, 3.8) is 0 Å². The molecule has 0 spiro atoms. The third-order valence-corrected chi connectivity index (χ3v) is 6.29. The van der Waals surface area contributed by atoms with Crippen molar-refractivity contribution in [2.75, 3.05) is 16.4 Å². The highest BCUT2D eigenvalue weighted by Crippen LogP contribution is 2.25. The highest BCUT2D eigenvalue weighted by molar-refractivity contribution is 7.99. The first-order valence-electron chi connectivity index (χ1n) is 10.9. The zero-order chi connectivity index (χ0) is 24.1. The summed E-state index contributed by atoms with van der Waals surface area (Å²) < 4.78 is 15.2. The number of hydrogen-bond acceptors (Lipinski definition) is 5. The van der Waals surface area contributed by atoms with Gasteiger partial charge >= 0.3 is 0 Å². The summed E-state index contributed by atoms with van der Waals surface area (Å²) in [6.07, 6.45) is 0. The van der Waals surface area contributed by atoms with Crippen molar-refractivity contribution >= 4 is 29.0 Å². The summed E-state index contributed by atoms with van der Waals surface area (Å²) in [6, 6.07) is 20.1. The van der Waals surface area contributed by atoms with Crippen molar-refractivity contribution in [3.8, 4) is 5.69 Å². The molecule has 0 aliphatic rings. The number of halogens is 1. The number of carbonyl (C=O) groups excluding carboxylic acids is 1. The molecule has 0 aliphatic heterocycles. The Morgan fingerprint density at radius 2 is 1.62 bits per heavy atom. The lowest BCUT2D eigenvalue weighted by atomic mass is 10.1. The van der Waals surface area contributed by atoms with Crippen molar-refractivity contribution < 1.29 is 9.18 Å². The molecule has 3 aromatic carbocycles. The van der Waals surface area contributed by atoms with Crippen LogP contribution in [0.15, 0.2) is 71.9 Å². The number of para-hydroxylation sites is 1. The Morgan fingerprint density at radius 1 is 0.941 bits per heavy atom. The first-order chi connectivity index (χ1) is 16.4. The van der Waals surface area contributed by atoms with Crippen molar-refractivity contribution in [2.24, 2.45) is 0 Å². The molecule has 1 amide bonds. The molecule has 4 aromatic rings. The molecule has 0 unspecified atom stereocenters. The number of nitrogens with one attached hydrogen (secondary N) is 2. The number of anilines is 2. The van der Waals surface area contributed by atoms with Gasteiger partial charge in [0.05, 0.1) is 12.3 Å². The maximum atomic E-state index is 13.2. The van der Waals surface area contributed by atoms with Gasteiger partial charge in [-0.1, -0.05) is 47.7 Å². The fourth-order valence-corrected chi connectivity index (χ4v) is 4.30. The van der Waals surface area contributed by atoms with Gasteiger partial charge in [-0.05, 0) is 68.3 Å². The molecule has 0 aliphatic carbocycles. The highest BCUT2D eigenvalue weighted by Gasteiger charge is 2.17. The van der Waals surface area contributed by atoms with Crippen LogP contribution in [0.3, 0.4) is 0 Å². The van der Waals surface area contributed by atoms with E-state index in [1.54, 1.807) is 12.1 Å². The molecule has 0 fully saturated rings. The van der Waals surface area contributed by atoms with Gasteiger partial charge in [0.1, 0.15) is 5.82 Å². The summed E-state index contributed by atoms with van der Waals surface area (Å²) in [5.74, 6) is 0.493. The summed E-state index contributed by atoms with van der Waals surface area (Å²) >= 11 is 1.33. The maximum absolute atomic E-state index is 13.2. The van der Waals surface area contributed by atoms with Gasteiger partial charge in [-0.25, -0.2) is 4.39 Å². The number of nitrogens with zero attached hydrogens (tertiary/aromatic N) is 3. The van der Waals surface area contributed by atoms with E-state index in [9.17, 15) is 9.18 Å². The molecule has 0 saturated heterocycles. The molecule has 174 valence electrons. The van der Waals surface area contributed by atoms with E-state index in [1.807, 2.05) is 67.8 Å². The van der Waals surface area contributed by atoms with E-state index < -0.39 is 0 Å². The van der Waals surface area contributed by atoms with Gasteiger partial charge in [0.25, 0.3) is 0 Å². The molecule has 0 atom stereocenters. The van der Waals surface area contributed by atoms with E-state index in [2.05, 4.69) is 20.8 Å². The highest BCUT2D eigenvalue weighted by atomic mass is 32.2. The number of hydrogen-bond donors (Lipinski definition) is 2. The lowest BCUT2D eigenvalue weighted by Gasteiger charge is -2.13. The van der Waals surface area contributed by atoms with Crippen molar-refractivity contribution in [1.82, 2.24) is 14.8 Å². The third kappa shape index (κ3) is 5.63. The Morgan fingerprint density at radius 3 is 2.29 bits per heavy atom. The third-order valence-electron chi connectivity index (χ3n) is 5.37. The fraction of sp³-hybridized carbons (Fsp3) is 0.192. The molecular weight excluding hydrogens is 449 g/mol. The molecular formula is C26H26FN5OS. The van der Waals surface area contributed by atoms with Crippen LogP contribution in [0.2, 0.25) is 0 Å². The van der Waals surface area contributed by atoms with Gasteiger partial charge in [-0.2, -0.15) is 0 Å². The Bertz CT molecular complexity index is 1270. The normalized spacial score (nSPS) is 10.8. The number of aryl methyl sites for hydroxylation is 3. The molecule has 1 heterocycles. The Kier molecular flexibility index (Phi) is 7.27. The SMILES string of the molecule is Cc1ccc(-n2c(CNc3ccc(F)cc3)nnc2SCC(=O)Nc2c(C)cccc2C)cc1. The molecule has 0 saturated carbocycles. The van der Waals surface area contributed by atoms with Gasteiger partial charge in [0.15, 0.2) is 11.0 Å². The summed E-state index contributed by atoms with van der Waals surface area (Å²) in [7, 11) is 0. The van der Waals surface area contributed by atoms with Crippen LogP contribution < -0.4 is 10.6 Å². The van der Waals surface area contributed by atoms with E-state index in [1.165, 1.54) is 23.9 Å². The van der Waals surface area contributed by atoms with Crippen LogP contribution >= 0.6 is 11.8 Å². The molecule has 2 N–H and O–H groups in total. The standard InChI is InChI=1S/C26H26FN5OS/c1-17-7-13-22(14-8-17)32-23(15-28-21-11-9-20(27)10-12-21)30-31-26(32)34-16-24(33)29-25-18(2)5-4-6-19(25)3/h4-14,28H,15-16H2,1-3H3,(H,29,33). The molecule has 6 nitrogen and oxygen atoms in total. The molecule has 34 heavy (non-hydrogen) atoms. The topological polar surface area (TPSA) is 71.8 Å². The van der Waals surface area contributed by atoms with Gasteiger partial charge < -0.3 is 10.6 Å². The number of thioether (sulfide) groups is 1. The molecule has 4 rings (SSSR count). The van der Waals surface area contributed by atoms with Crippen molar-refractivity contribution in [3.05, 3.63) is 95.1 Å². The number of rotatable bonds is 8. The number of amides is 1. The number of carbonyl (C=O) groups is 1. The summed E-state index contributed by atoms with van der Waals surface area (Å²) in [5.41, 5.74) is 5.72. The Hall–Kier alpha value is -3.65. The summed E-state index contributed by atoms with van der Waals surface area (Å²) in [4.78, 5) is 12.7. The average Bonchev–Trinajstić information content (AvgIpc) is 3.23. The van der Waals surface area contributed by atoms with E-state index in [-0.39, 0.29) is 17.5 Å². The largest absolute Gasteiger partial charge is 0.378 e. The van der Waals surface area contributed by atoms with Crippen LogP contribution in [0.1, 0.15) is 22.5 Å². The molecule has 0 bridgehead atoms. The van der Waals surface area contributed by atoms with Gasteiger partial charge in [-0.3, -0.25) is 9.36 Å². The van der Waals surface area contributed by atoms with Crippen LogP contribution in [0.4, 0.5) is 15.8 Å². The minimum atomic E-state index is -0.286. The second-order valence-electron chi connectivity index (χ2n) is 8.03. The summed E-state index contributed by atoms with van der Waals surface area (Å²) in [6.45, 7) is 6.37. The van der Waals surface area contributed by atoms with Crippen LogP contribution in [0, 0.1) is 26.6 Å². The van der Waals surface area contributed by atoms with Crippen molar-refractivity contribution in [2.45, 2.75) is 32.5 Å². The van der Waals surface area contributed by atoms with E-state index in [0.29, 0.717) is 17.5 Å². The van der Waals surface area contributed by atoms with Gasteiger partial charge in [-0.15, -0.1) is 10.2 Å². The van der Waals surface area contributed by atoms with E-state index in [0.717, 1.165) is 33.8 Å². The van der Waals surface area contributed by atoms with Crippen LogP contribution in [-0.2, 0) is 11.3 Å².